The van der Waals surface area contributed by atoms with Crippen molar-refractivity contribution in [2.75, 3.05) is 13.1 Å². The summed E-state index contributed by atoms with van der Waals surface area (Å²) in [5.41, 5.74) is 2.19. The minimum Gasteiger partial charge on any atom is -0.444 e. The lowest BCUT2D eigenvalue weighted by atomic mass is 9.93. The van der Waals surface area contributed by atoms with Crippen molar-refractivity contribution in [2.45, 2.75) is 123 Å². The van der Waals surface area contributed by atoms with Gasteiger partial charge in [-0.3, -0.25) is 9.59 Å². The molecule has 208 valence electrons. The first-order chi connectivity index (χ1) is 17.5. The number of nitrogens with zero attached hydrogens (tertiary/aromatic N) is 1. The standard InChI is InChI=1S/C30H49N3O4/c1-7-8-9-10-14-19-33(26(34)21-31-29(36)37-30(4,5)6)27(25-20-22(2)17-18-23(25)3)28(35)32-24-15-12-11-13-16-24/h17-18,20,24,27H,7-16,19,21H2,1-6H3,(H,31,36)(H,32,35). The fourth-order valence-corrected chi connectivity index (χ4v) is 4.88. The minimum absolute atomic E-state index is 0.134. The van der Waals surface area contributed by atoms with Gasteiger partial charge in [-0.15, -0.1) is 0 Å². The molecule has 1 aliphatic carbocycles. The van der Waals surface area contributed by atoms with Crippen molar-refractivity contribution in [1.82, 2.24) is 15.5 Å². The third-order valence-electron chi connectivity index (χ3n) is 6.85. The van der Waals surface area contributed by atoms with Gasteiger partial charge in [0.25, 0.3) is 0 Å². The molecule has 1 aromatic carbocycles. The first-order valence-corrected chi connectivity index (χ1v) is 14.2. The average molecular weight is 516 g/mol. The van der Waals surface area contributed by atoms with Crippen molar-refractivity contribution < 1.29 is 19.1 Å². The summed E-state index contributed by atoms with van der Waals surface area (Å²) in [6, 6.07) is 5.43. The lowest BCUT2D eigenvalue weighted by molar-refractivity contribution is -0.140. The fourth-order valence-electron chi connectivity index (χ4n) is 4.88. The first kappa shape index (κ1) is 30.7. The number of alkyl carbamates (subject to hydrolysis) is 1. The molecule has 0 bridgehead atoms. The Morgan fingerprint density at radius 3 is 2.35 bits per heavy atom. The molecule has 1 saturated carbocycles. The van der Waals surface area contributed by atoms with Crippen molar-refractivity contribution in [1.29, 1.82) is 0 Å². The van der Waals surface area contributed by atoms with Gasteiger partial charge in [0.15, 0.2) is 0 Å². The Balaban J connectivity index is 2.32. The maximum atomic E-state index is 13.9. The normalized spacial score (nSPS) is 15.1. The maximum Gasteiger partial charge on any atom is 0.408 e. The number of carbonyl (C=O) groups is 3. The van der Waals surface area contributed by atoms with E-state index in [1.807, 2.05) is 32.0 Å². The van der Waals surface area contributed by atoms with Gasteiger partial charge in [0, 0.05) is 12.6 Å². The molecular formula is C30H49N3O4. The van der Waals surface area contributed by atoms with Crippen molar-refractivity contribution in [3.05, 3.63) is 34.9 Å². The van der Waals surface area contributed by atoms with Crippen LogP contribution in [0.3, 0.4) is 0 Å². The van der Waals surface area contributed by atoms with Crippen LogP contribution < -0.4 is 10.6 Å². The van der Waals surface area contributed by atoms with E-state index in [4.69, 9.17) is 4.74 Å². The molecule has 0 heterocycles. The smallest absolute Gasteiger partial charge is 0.408 e. The fraction of sp³-hybridized carbons (Fsp3) is 0.700. The predicted molar refractivity (Wildman–Crippen MR) is 148 cm³/mol. The Labute approximate surface area is 224 Å². The second-order valence-electron chi connectivity index (χ2n) is 11.5. The van der Waals surface area contributed by atoms with E-state index >= 15 is 0 Å². The molecule has 1 fully saturated rings. The van der Waals surface area contributed by atoms with Crippen LogP contribution in [0, 0.1) is 13.8 Å². The van der Waals surface area contributed by atoms with Crippen molar-refractivity contribution >= 4 is 17.9 Å². The van der Waals surface area contributed by atoms with Gasteiger partial charge < -0.3 is 20.3 Å². The van der Waals surface area contributed by atoms with Crippen LogP contribution in [-0.2, 0) is 14.3 Å². The van der Waals surface area contributed by atoms with Crippen LogP contribution in [0.1, 0.15) is 115 Å². The summed E-state index contributed by atoms with van der Waals surface area (Å²) >= 11 is 0. The van der Waals surface area contributed by atoms with Gasteiger partial charge in [0.1, 0.15) is 18.2 Å². The molecule has 7 nitrogen and oxygen atoms in total. The number of rotatable bonds is 12. The molecular weight excluding hydrogens is 466 g/mol. The van der Waals surface area contributed by atoms with Gasteiger partial charge in [0.2, 0.25) is 11.8 Å². The second kappa shape index (κ2) is 15.0. The summed E-state index contributed by atoms with van der Waals surface area (Å²) in [7, 11) is 0. The van der Waals surface area contributed by atoms with E-state index in [2.05, 4.69) is 17.6 Å². The van der Waals surface area contributed by atoms with E-state index in [9.17, 15) is 14.4 Å². The average Bonchev–Trinajstić information content (AvgIpc) is 2.83. The highest BCUT2D eigenvalue weighted by Gasteiger charge is 2.34. The highest BCUT2D eigenvalue weighted by atomic mass is 16.6. The Morgan fingerprint density at radius 2 is 1.70 bits per heavy atom. The molecule has 2 rings (SSSR count). The highest BCUT2D eigenvalue weighted by Crippen LogP contribution is 2.28. The van der Waals surface area contributed by atoms with Crippen LogP contribution in [0.2, 0.25) is 0 Å². The third kappa shape index (κ3) is 10.7. The Kier molecular flexibility index (Phi) is 12.4. The quantitative estimate of drug-likeness (QED) is 0.328. The number of nitrogens with one attached hydrogen (secondary N) is 2. The molecule has 1 aliphatic rings. The number of hydrogen-bond donors (Lipinski definition) is 2. The number of benzene rings is 1. The van der Waals surface area contributed by atoms with E-state index < -0.39 is 17.7 Å². The van der Waals surface area contributed by atoms with Gasteiger partial charge in [-0.25, -0.2) is 4.79 Å². The molecule has 1 atom stereocenters. The van der Waals surface area contributed by atoms with Gasteiger partial charge in [-0.2, -0.15) is 0 Å². The number of amides is 3. The number of ether oxygens (including phenoxy) is 1. The molecule has 0 radical (unpaired) electrons. The Bertz CT molecular complexity index is 887. The summed E-state index contributed by atoms with van der Waals surface area (Å²) in [6.45, 7) is 11.7. The minimum atomic E-state index is -0.749. The summed E-state index contributed by atoms with van der Waals surface area (Å²) in [5, 5.41) is 5.86. The van der Waals surface area contributed by atoms with Crippen LogP contribution in [0.4, 0.5) is 4.79 Å². The summed E-state index contributed by atoms with van der Waals surface area (Å²) in [5.74, 6) is -0.425. The highest BCUT2D eigenvalue weighted by molar-refractivity contribution is 5.90. The molecule has 7 heteroatoms. The van der Waals surface area contributed by atoms with E-state index in [0.29, 0.717) is 6.54 Å². The van der Waals surface area contributed by atoms with E-state index in [1.54, 1.807) is 25.7 Å². The predicted octanol–water partition coefficient (Wildman–Crippen LogP) is 6.12. The largest absolute Gasteiger partial charge is 0.444 e. The molecule has 2 N–H and O–H groups in total. The second-order valence-corrected chi connectivity index (χ2v) is 11.5. The number of unbranched alkanes of at least 4 members (excludes halogenated alkanes) is 4. The van der Waals surface area contributed by atoms with Crippen LogP contribution in [0.5, 0.6) is 0 Å². The summed E-state index contributed by atoms with van der Waals surface area (Å²) in [4.78, 5) is 41.4. The van der Waals surface area contributed by atoms with Crippen LogP contribution in [-0.4, -0.2) is 47.5 Å². The molecule has 3 amide bonds. The lowest BCUT2D eigenvalue weighted by Crippen LogP contribution is -2.50. The van der Waals surface area contributed by atoms with E-state index in [0.717, 1.165) is 74.5 Å². The first-order valence-electron chi connectivity index (χ1n) is 14.2. The monoisotopic (exact) mass is 515 g/mol. The zero-order valence-corrected chi connectivity index (χ0v) is 24.0. The van der Waals surface area contributed by atoms with Crippen molar-refractivity contribution in [3.63, 3.8) is 0 Å². The summed E-state index contributed by atoms with van der Waals surface area (Å²) < 4.78 is 5.32. The van der Waals surface area contributed by atoms with Gasteiger partial charge >= 0.3 is 6.09 Å². The molecule has 1 aromatic rings. The van der Waals surface area contributed by atoms with Gasteiger partial charge in [-0.1, -0.05) is 75.6 Å². The van der Waals surface area contributed by atoms with E-state index in [1.165, 1.54) is 6.42 Å². The third-order valence-corrected chi connectivity index (χ3v) is 6.85. The Hall–Kier alpha value is -2.57. The van der Waals surface area contributed by atoms with Crippen LogP contribution in [0.25, 0.3) is 0 Å². The molecule has 1 unspecified atom stereocenters. The SMILES string of the molecule is CCCCCCCN(C(=O)CNC(=O)OC(C)(C)C)C(C(=O)NC1CCCCC1)c1cc(C)ccc1C. The number of hydrogen-bond acceptors (Lipinski definition) is 4. The summed E-state index contributed by atoms with van der Waals surface area (Å²) in [6.07, 6.45) is 9.89. The maximum absolute atomic E-state index is 13.9. The van der Waals surface area contributed by atoms with Crippen LogP contribution >= 0.6 is 0 Å². The molecule has 0 saturated heterocycles. The topological polar surface area (TPSA) is 87.7 Å². The van der Waals surface area contributed by atoms with E-state index in [-0.39, 0.29) is 24.4 Å². The van der Waals surface area contributed by atoms with Crippen LogP contribution in [0.15, 0.2) is 18.2 Å². The van der Waals surface area contributed by atoms with Gasteiger partial charge in [-0.05, 0) is 65.0 Å². The molecule has 37 heavy (non-hydrogen) atoms. The number of aryl methyl sites for hydroxylation is 2. The van der Waals surface area contributed by atoms with Crippen molar-refractivity contribution in [2.24, 2.45) is 0 Å². The zero-order valence-electron chi connectivity index (χ0n) is 24.0. The van der Waals surface area contributed by atoms with Gasteiger partial charge in [0.05, 0.1) is 0 Å². The van der Waals surface area contributed by atoms with Crippen molar-refractivity contribution in [3.8, 4) is 0 Å². The number of carbonyl (C=O) groups excluding carboxylic acids is 3. The zero-order chi connectivity index (χ0) is 27.4. The molecule has 0 aliphatic heterocycles. The Morgan fingerprint density at radius 1 is 1.03 bits per heavy atom. The lowest BCUT2D eigenvalue weighted by Gasteiger charge is -2.34. The molecule has 0 spiro atoms. The molecule has 0 aromatic heterocycles.